The lowest BCUT2D eigenvalue weighted by molar-refractivity contribution is 0.0950. The molecule has 7 heteroatoms. The monoisotopic (exact) mass is 366 g/mol. The summed E-state index contributed by atoms with van der Waals surface area (Å²) in [5, 5.41) is 5.69. The summed E-state index contributed by atoms with van der Waals surface area (Å²) >= 11 is 0. The summed E-state index contributed by atoms with van der Waals surface area (Å²) in [5.41, 5.74) is 1.96. The predicted molar refractivity (Wildman–Crippen MR) is 102 cm³/mol. The van der Waals surface area contributed by atoms with Crippen LogP contribution in [0.15, 0.2) is 59.7 Å². The van der Waals surface area contributed by atoms with Gasteiger partial charge in [0, 0.05) is 36.7 Å². The average Bonchev–Trinajstić information content (AvgIpc) is 3.37. The van der Waals surface area contributed by atoms with E-state index >= 15 is 0 Å². The maximum absolute atomic E-state index is 12.4. The molecule has 2 N–H and O–H groups in total. The molecule has 7 nitrogen and oxygen atoms in total. The second-order valence-electron chi connectivity index (χ2n) is 6.22. The quantitative estimate of drug-likeness (QED) is 0.599. The summed E-state index contributed by atoms with van der Waals surface area (Å²) in [7, 11) is 0. The number of anilines is 1. The maximum atomic E-state index is 12.4. The highest BCUT2D eigenvalue weighted by Crippen LogP contribution is 2.18. The number of hydrogen-bond donors (Lipinski definition) is 2. The number of carbonyl (C=O) groups is 2. The lowest BCUT2D eigenvalue weighted by Crippen LogP contribution is -2.25. The number of hydrogen-bond acceptors (Lipinski definition) is 4. The minimum atomic E-state index is -0.347. The van der Waals surface area contributed by atoms with Crippen LogP contribution in [0.4, 0.5) is 5.69 Å². The second kappa shape index (κ2) is 8.84. The van der Waals surface area contributed by atoms with Crippen LogP contribution in [0.25, 0.3) is 0 Å². The number of rotatable bonds is 8. The molecule has 1 aromatic carbocycles. The minimum absolute atomic E-state index is 0.161. The zero-order valence-corrected chi connectivity index (χ0v) is 15.1. The largest absolute Gasteiger partial charge is 0.459 e. The Balaban J connectivity index is 1.51. The van der Waals surface area contributed by atoms with Crippen LogP contribution >= 0.6 is 0 Å². The van der Waals surface area contributed by atoms with E-state index in [0.29, 0.717) is 17.8 Å². The number of nitrogens with one attached hydrogen (secondary N) is 2. The van der Waals surface area contributed by atoms with E-state index in [1.807, 2.05) is 23.8 Å². The Hall–Kier alpha value is -3.35. The molecule has 3 aromatic rings. The highest BCUT2D eigenvalue weighted by atomic mass is 16.3. The molecule has 140 valence electrons. The first-order chi connectivity index (χ1) is 13.1. The maximum Gasteiger partial charge on any atom is 0.291 e. The van der Waals surface area contributed by atoms with E-state index in [1.54, 1.807) is 36.8 Å². The third-order valence-electron chi connectivity index (χ3n) is 4.18. The topological polar surface area (TPSA) is 89.2 Å². The molecule has 0 bridgehead atoms. The first-order valence-corrected chi connectivity index (χ1v) is 8.83. The zero-order valence-electron chi connectivity index (χ0n) is 15.1. The zero-order chi connectivity index (χ0) is 19.1. The Morgan fingerprint density at radius 1 is 1.19 bits per heavy atom. The number of amides is 2. The Morgan fingerprint density at radius 2 is 2.07 bits per heavy atom. The van der Waals surface area contributed by atoms with Gasteiger partial charge in [0.15, 0.2) is 5.76 Å². The minimum Gasteiger partial charge on any atom is -0.459 e. The Kier molecular flexibility index (Phi) is 6.04. The summed E-state index contributed by atoms with van der Waals surface area (Å²) in [6.45, 7) is 3.34. The van der Waals surface area contributed by atoms with Crippen molar-refractivity contribution in [2.75, 3.05) is 11.9 Å². The van der Waals surface area contributed by atoms with Crippen molar-refractivity contribution in [1.29, 1.82) is 0 Å². The SMILES string of the molecule is Cc1ccc(C(=O)NCCCCn2ccnc2)cc1NC(=O)c1ccco1. The molecule has 2 heterocycles. The van der Waals surface area contributed by atoms with E-state index < -0.39 is 0 Å². The number of nitrogens with zero attached hydrogens (tertiary/aromatic N) is 2. The van der Waals surface area contributed by atoms with Gasteiger partial charge in [-0.3, -0.25) is 9.59 Å². The van der Waals surface area contributed by atoms with Crippen LogP contribution in [-0.4, -0.2) is 27.9 Å². The molecule has 0 fully saturated rings. The second-order valence-corrected chi connectivity index (χ2v) is 6.22. The van der Waals surface area contributed by atoms with Gasteiger partial charge >= 0.3 is 0 Å². The van der Waals surface area contributed by atoms with Crippen molar-refractivity contribution in [2.24, 2.45) is 0 Å². The highest BCUT2D eigenvalue weighted by molar-refractivity contribution is 6.03. The van der Waals surface area contributed by atoms with Gasteiger partial charge in [-0.25, -0.2) is 4.98 Å². The molecule has 0 saturated carbocycles. The van der Waals surface area contributed by atoms with Gasteiger partial charge in [0.1, 0.15) is 0 Å². The lowest BCUT2D eigenvalue weighted by Gasteiger charge is -2.10. The predicted octanol–water partition coefficient (Wildman–Crippen LogP) is 3.25. The van der Waals surface area contributed by atoms with Gasteiger partial charge in [-0.2, -0.15) is 0 Å². The van der Waals surface area contributed by atoms with Crippen LogP contribution in [0.2, 0.25) is 0 Å². The van der Waals surface area contributed by atoms with Crippen LogP contribution in [0.3, 0.4) is 0 Å². The van der Waals surface area contributed by atoms with E-state index in [0.717, 1.165) is 24.9 Å². The van der Waals surface area contributed by atoms with Gasteiger partial charge < -0.3 is 19.6 Å². The average molecular weight is 366 g/mol. The first-order valence-electron chi connectivity index (χ1n) is 8.83. The van der Waals surface area contributed by atoms with Crippen molar-refractivity contribution < 1.29 is 14.0 Å². The normalized spacial score (nSPS) is 10.6. The van der Waals surface area contributed by atoms with Crippen LogP contribution in [0, 0.1) is 6.92 Å². The number of aromatic nitrogens is 2. The standard InChI is InChI=1S/C20H22N4O3/c1-15-6-7-16(13-17(15)23-20(26)18-5-4-12-27-18)19(25)22-8-2-3-10-24-11-9-21-14-24/h4-7,9,11-14H,2-3,8,10H2,1H3,(H,22,25)(H,23,26). The van der Waals surface area contributed by atoms with Crippen molar-refractivity contribution in [2.45, 2.75) is 26.3 Å². The third kappa shape index (κ3) is 5.07. The number of furan rings is 1. The fourth-order valence-corrected chi connectivity index (χ4v) is 2.63. The van der Waals surface area contributed by atoms with Crippen LogP contribution < -0.4 is 10.6 Å². The van der Waals surface area contributed by atoms with Crippen molar-refractivity contribution in [1.82, 2.24) is 14.9 Å². The van der Waals surface area contributed by atoms with E-state index in [2.05, 4.69) is 15.6 Å². The molecule has 2 aromatic heterocycles. The van der Waals surface area contributed by atoms with Crippen molar-refractivity contribution in [3.63, 3.8) is 0 Å². The van der Waals surface area contributed by atoms with Gasteiger partial charge in [-0.1, -0.05) is 6.07 Å². The summed E-state index contributed by atoms with van der Waals surface area (Å²) in [6, 6.07) is 8.48. The Bertz CT molecular complexity index is 886. The molecule has 0 spiro atoms. The number of aryl methyl sites for hydroxylation is 2. The molecule has 2 amide bonds. The number of benzene rings is 1. The Morgan fingerprint density at radius 3 is 2.81 bits per heavy atom. The van der Waals surface area contributed by atoms with Crippen LogP contribution in [0.1, 0.15) is 39.3 Å². The van der Waals surface area contributed by atoms with Crippen molar-refractivity contribution in [3.8, 4) is 0 Å². The molecular formula is C20H22N4O3. The molecular weight excluding hydrogens is 344 g/mol. The van der Waals surface area contributed by atoms with E-state index in [1.165, 1.54) is 6.26 Å². The highest BCUT2D eigenvalue weighted by Gasteiger charge is 2.12. The van der Waals surface area contributed by atoms with E-state index in [-0.39, 0.29) is 17.6 Å². The van der Waals surface area contributed by atoms with E-state index in [4.69, 9.17) is 4.42 Å². The molecule has 3 rings (SSSR count). The smallest absolute Gasteiger partial charge is 0.291 e. The van der Waals surface area contributed by atoms with Gasteiger partial charge in [0.05, 0.1) is 12.6 Å². The van der Waals surface area contributed by atoms with Gasteiger partial charge in [-0.05, 0) is 49.6 Å². The Labute approximate surface area is 157 Å². The molecule has 0 saturated heterocycles. The summed E-state index contributed by atoms with van der Waals surface area (Å²) in [5.74, 6) is -0.284. The van der Waals surface area contributed by atoms with Gasteiger partial charge in [0.2, 0.25) is 0 Å². The van der Waals surface area contributed by atoms with Crippen molar-refractivity contribution >= 4 is 17.5 Å². The number of imidazole rings is 1. The summed E-state index contributed by atoms with van der Waals surface area (Å²) < 4.78 is 7.10. The first kappa shape index (κ1) is 18.4. The fraction of sp³-hybridized carbons (Fsp3) is 0.250. The molecule has 0 aliphatic rings. The van der Waals surface area contributed by atoms with Gasteiger partial charge in [-0.15, -0.1) is 0 Å². The summed E-state index contributed by atoms with van der Waals surface area (Å²) in [6.07, 6.45) is 8.72. The number of unbranched alkanes of at least 4 members (excludes halogenated alkanes) is 1. The summed E-state index contributed by atoms with van der Waals surface area (Å²) in [4.78, 5) is 28.5. The third-order valence-corrected chi connectivity index (χ3v) is 4.18. The fourth-order valence-electron chi connectivity index (χ4n) is 2.63. The van der Waals surface area contributed by atoms with Crippen LogP contribution in [-0.2, 0) is 6.54 Å². The molecule has 0 atom stereocenters. The molecule has 0 aliphatic heterocycles. The number of carbonyl (C=O) groups excluding carboxylic acids is 2. The van der Waals surface area contributed by atoms with Crippen LogP contribution in [0.5, 0.6) is 0 Å². The molecule has 0 unspecified atom stereocenters. The molecule has 0 aliphatic carbocycles. The van der Waals surface area contributed by atoms with Crippen molar-refractivity contribution in [3.05, 3.63) is 72.2 Å². The molecule has 27 heavy (non-hydrogen) atoms. The lowest BCUT2D eigenvalue weighted by atomic mass is 10.1. The van der Waals surface area contributed by atoms with Gasteiger partial charge in [0.25, 0.3) is 11.8 Å². The van der Waals surface area contributed by atoms with E-state index in [9.17, 15) is 9.59 Å². The molecule has 0 radical (unpaired) electrons.